The average molecular weight is 349 g/mol. The predicted octanol–water partition coefficient (Wildman–Crippen LogP) is 3.90. The Morgan fingerprint density at radius 2 is 2.00 bits per heavy atom. The van der Waals surface area contributed by atoms with Crippen LogP contribution in [0.4, 0.5) is 11.4 Å². The Labute approximate surface area is 132 Å². The maximum Gasteiger partial charge on any atom is 0.243 e. The number of carbonyl (C=O) groups excluding carboxylic acids is 1. The quantitative estimate of drug-likeness (QED) is 0.832. The van der Waals surface area contributed by atoms with Gasteiger partial charge in [0, 0.05) is 21.9 Å². The van der Waals surface area contributed by atoms with E-state index in [9.17, 15) is 4.79 Å². The molecule has 5 heteroatoms. The highest BCUT2D eigenvalue weighted by Gasteiger charge is 2.04. The first-order valence-corrected chi connectivity index (χ1v) is 7.49. The number of para-hydroxylation sites is 1. The van der Waals surface area contributed by atoms with Crippen LogP contribution in [-0.4, -0.2) is 19.1 Å². The van der Waals surface area contributed by atoms with Gasteiger partial charge in [-0.25, -0.2) is 0 Å². The van der Waals surface area contributed by atoms with Gasteiger partial charge in [-0.2, -0.15) is 0 Å². The lowest BCUT2D eigenvalue weighted by molar-refractivity contribution is -0.114. The number of anilines is 2. The molecule has 0 bridgehead atoms. The standard InChI is InChI=1S/C16H17BrN2O2/c1-2-21-13-7-5-6-12(10-13)19-16(20)11-18-15-9-4-3-8-14(15)17/h3-10,18H,2,11H2,1H3,(H,19,20). The van der Waals surface area contributed by atoms with Crippen LogP contribution in [0.1, 0.15) is 6.92 Å². The number of nitrogens with one attached hydrogen (secondary N) is 2. The smallest absolute Gasteiger partial charge is 0.243 e. The summed E-state index contributed by atoms with van der Waals surface area (Å²) in [5.41, 5.74) is 1.61. The van der Waals surface area contributed by atoms with Crippen molar-refractivity contribution < 1.29 is 9.53 Å². The summed E-state index contributed by atoms with van der Waals surface area (Å²) < 4.78 is 6.33. The lowest BCUT2D eigenvalue weighted by atomic mass is 10.3. The van der Waals surface area contributed by atoms with E-state index in [1.165, 1.54) is 0 Å². The fourth-order valence-electron chi connectivity index (χ4n) is 1.82. The first-order chi connectivity index (χ1) is 10.2. The summed E-state index contributed by atoms with van der Waals surface area (Å²) in [6.07, 6.45) is 0. The van der Waals surface area contributed by atoms with Crippen LogP contribution in [0, 0.1) is 0 Å². The molecule has 2 rings (SSSR count). The summed E-state index contributed by atoms with van der Waals surface area (Å²) in [5.74, 6) is 0.633. The van der Waals surface area contributed by atoms with E-state index in [2.05, 4.69) is 26.6 Å². The molecule has 0 aliphatic heterocycles. The summed E-state index contributed by atoms with van der Waals surface area (Å²) in [6, 6.07) is 15.0. The maximum absolute atomic E-state index is 11.9. The first-order valence-electron chi connectivity index (χ1n) is 6.70. The largest absolute Gasteiger partial charge is 0.494 e. The molecule has 0 aliphatic rings. The van der Waals surface area contributed by atoms with Crippen LogP contribution in [0.15, 0.2) is 53.0 Å². The molecule has 4 nitrogen and oxygen atoms in total. The van der Waals surface area contributed by atoms with Crippen molar-refractivity contribution in [3.63, 3.8) is 0 Å². The molecule has 21 heavy (non-hydrogen) atoms. The molecule has 2 aromatic rings. The highest BCUT2D eigenvalue weighted by atomic mass is 79.9. The van der Waals surface area contributed by atoms with Gasteiger partial charge in [0.25, 0.3) is 0 Å². The molecule has 0 unspecified atom stereocenters. The Balaban J connectivity index is 1.90. The SMILES string of the molecule is CCOc1cccc(NC(=O)CNc2ccccc2Br)c1. The third-order valence-corrected chi connectivity index (χ3v) is 3.43. The van der Waals surface area contributed by atoms with E-state index in [1.807, 2.05) is 49.4 Å². The van der Waals surface area contributed by atoms with Crippen molar-refractivity contribution in [1.29, 1.82) is 0 Å². The predicted molar refractivity (Wildman–Crippen MR) is 88.9 cm³/mol. The van der Waals surface area contributed by atoms with E-state index >= 15 is 0 Å². The average Bonchev–Trinajstić information content (AvgIpc) is 2.47. The van der Waals surface area contributed by atoms with Crippen molar-refractivity contribution in [2.24, 2.45) is 0 Å². The van der Waals surface area contributed by atoms with Gasteiger partial charge in [-0.15, -0.1) is 0 Å². The maximum atomic E-state index is 11.9. The van der Waals surface area contributed by atoms with Gasteiger partial charge in [0.15, 0.2) is 0 Å². The minimum Gasteiger partial charge on any atom is -0.494 e. The van der Waals surface area contributed by atoms with Crippen LogP contribution >= 0.6 is 15.9 Å². The van der Waals surface area contributed by atoms with Crippen LogP contribution in [-0.2, 0) is 4.79 Å². The summed E-state index contributed by atoms with van der Waals surface area (Å²) in [6.45, 7) is 2.72. The highest BCUT2D eigenvalue weighted by Crippen LogP contribution is 2.21. The molecule has 0 saturated heterocycles. The minimum atomic E-state index is -0.112. The Morgan fingerprint density at radius 1 is 1.19 bits per heavy atom. The molecule has 0 fully saturated rings. The number of carbonyl (C=O) groups is 1. The zero-order valence-electron chi connectivity index (χ0n) is 11.7. The molecule has 110 valence electrons. The molecule has 0 aromatic heterocycles. The summed E-state index contributed by atoms with van der Waals surface area (Å²) in [5, 5.41) is 5.92. The molecule has 0 spiro atoms. The summed E-state index contributed by atoms with van der Waals surface area (Å²) in [7, 11) is 0. The lowest BCUT2D eigenvalue weighted by Gasteiger charge is -2.10. The van der Waals surface area contributed by atoms with Crippen LogP contribution < -0.4 is 15.4 Å². The van der Waals surface area contributed by atoms with Gasteiger partial charge in [-0.1, -0.05) is 18.2 Å². The van der Waals surface area contributed by atoms with Crippen LogP contribution in [0.3, 0.4) is 0 Å². The second-order valence-corrected chi connectivity index (χ2v) is 5.20. The molecule has 2 aromatic carbocycles. The van der Waals surface area contributed by atoms with Crippen molar-refractivity contribution in [3.8, 4) is 5.75 Å². The van der Waals surface area contributed by atoms with Crippen molar-refractivity contribution >= 4 is 33.2 Å². The molecule has 0 heterocycles. The topological polar surface area (TPSA) is 50.4 Å². The highest BCUT2D eigenvalue weighted by molar-refractivity contribution is 9.10. The van der Waals surface area contributed by atoms with Gasteiger partial charge in [-0.05, 0) is 47.1 Å². The second-order valence-electron chi connectivity index (χ2n) is 4.34. The Morgan fingerprint density at radius 3 is 2.76 bits per heavy atom. The van der Waals surface area contributed by atoms with E-state index in [0.29, 0.717) is 6.61 Å². The number of amides is 1. The first kappa shape index (κ1) is 15.4. The van der Waals surface area contributed by atoms with Crippen LogP contribution in [0.25, 0.3) is 0 Å². The van der Waals surface area contributed by atoms with E-state index in [1.54, 1.807) is 6.07 Å². The van der Waals surface area contributed by atoms with Crippen LogP contribution in [0.5, 0.6) is 5.75 Å². The number of hydrogen-bond acceptors (Lipinski definition) is 3. The molecule has 0 radical (unpaired) electrons. The van der Waals surface area contributed by atoms with E-state index < -0.39 is 0 Å². The molecular weight excluding hydrogens is 332 g/mol. The van der Waals surface area contributed by atoms with E-state index in [-0.39, 0.29) is 12.5 Å². The number of rotatable bonds is 6. The third kappa shape index (κ3) is 4.79. The zero-order valence-corrected chi connectivity index (χ0v) is 13.3. The van der Waals surface area contributed by atoms with Gasteiger partial charge in [0.1, 0.15) is 5.75 Å². The molecule has 2 N–H and O–H groups in total. The van der Waals surface area contributed by atoms with E-state index in [0.717, 1.165) is 21.6 Å². The van der Waals surface area contributed by atoms with Gasteiger partial charge in [0.2, 0.25) is 5.91 Å². The van der Waals surface area contributed by atoms with Crippen molar-refractivity contribution in [2.75, 3.05) is 23.8 Å². The third-order valence-electron chi connectivity index (χ3n) is 2.74. The number of ether oxygens (including phenoxy) is 1. The minimum absolute atomic E-state index is 0.112. The molecule has 1 amide bonds. The lowest BCUT2D eigenvalue weighted by Crippen LogP contribution is -2.21. The fraction of sp³-hybridized carbons (Fsp3) is 0.188. The van der Waals surface area contributed by atoms with Crippen molar-refractivity contribution in [3.05, 3.63) is 53.0 Å². The number of halogens is 1. The Bertz CT molecular complexity index is 617. The Hall–Kier alpha value is -2.01. The Kier molecular flexibility index (Phi) is 5.63. The molecule has 0 saturated carbocycles. The zero-order chi connectivity index (χ0) is 15.1. The monoisotopic (exact) mass is 348 g/mol. The summed E-state index contributed by atoms with van der Waals surface area (Å²) in [4.78, 5) is 11.9. The molecule has 0 atom stereocenters. The number of hydrogen-bond donors (Lipinski definition) is 2. The van der Waals surface area contributed by atoms with Crippen LogP contribution in [0.2, 0.25) is 0 Å². The number of benzene rings is 2. The summed E-state index contributed by atoms with van der Waals surface area (Å²) >= 11 is 3.43. The van der Waals surface area contributed by atoms with Crippen molar-refractivity contribution in [2.45, 2.75) is 6.92 Å². The fourth-order valence-corrected chi connectivity index (χ4v) is 2.24. The normalized spacial score (nSPS) is 10.0. The van der Waals surface area contributed by atoms with Gasteiger partial charge in [-0.3, -0.25) is 4.79 Å². The second kappa shape index (κ2) is 7.69. The molecular formula is C16H17BrN2O2. The van der Waals surface area contributed by atoms with Gasteiger partial charge < -0.3 is 15.4 Å². The van der Waals surface area contributed by atoms with Crippen molar-refractivity contribution in [1.82, 2.24) is 0 Å². The van der Waals surface area contributed by atoms with Gasteiger partial charge >= 0.3 is 0 Å². The van der Waals surface area contributed by atoms with Gasteiger partial charge in [0.05, 0.1) is 13.2 Å². The molecule has 0 aliphatic carbocycles. The van der Waals surface area contributed by atoms with E-state index in [4.69, 9.17) is 4.74 Å².